The Morgan fingerprint density at radius 3 is 2.61 bits per heavy atom. The number of ether oxygens (including phenoxy) is 1. The standard InChI is InChI=1S/C14H27N3O/c1-6-9-15-13(10-18-5)7-8-14-11(2)16-17(4)12(14)3/h13,15H,6-10H2,1-5H3. The Bertz CT molecular complexity index is 360. The van der Waals surface area contributed by atoms with Crippen LogP contribution < -0.4 is 5.32 Å². The van der Waals surface area contributed by atoms with Crippen LogP contribution in [-0.4, -0.2) is 36.1 Å². The number of hydrogen-bond acceptors (Lipinski definition) is 3. The fourth-order valence-corrected chi connectivity index (χ4v) is 2.29. The van der Waals surface area contributed by atoms with Crippen LogP contribution in [0.3, 0.4) is 0 Å². The molecule has 0 amide bonds. The Balaban J connectivity index is 2.55. The summed E-state index contributed by atoms with van der Waals surface area (Å²) in [5.41, 5.74) is 3.82. The molecule has 4 heteroatoms. The molecule has 1 atom stereocenters. The quantitative estimate of drug-likeness (QED) is 0.770. The van der Waals surface area contributed by atoms with Crippen molar-refractivity contribution in [1.29, 1.82) is 0 Å². The number of nitrogens with one attached hydrogen (secondary N) is 1. The van der Waals surface area contributed by atoms with Crippen LogP contribution >= 0.6 is 0 Å². The Kier molecular flexibility index (Phi) is 6.36. The minimum atomic E-state index is 0.439. The van der Waals surface area contributed by atoms with Gasteiger partial charge in [0.2, 0.25) is 0 Å². The maximum absolute atomic E-state index is 5.27. The van der Waals surface area contributed by atoms with Crippen molar-refractivity contribution in [3.63, 3.8) is 0 Å². The van der Waals surface area contributed by atoms with Crippen molar-refractivity contribution in [2.24, 2.45) is 7.05 Å². The third-order valence-electron chi connectivity index (χ3n) is 3.45. The van der Waals surface area contributed by atoms with Gasteiger partial charge in [0.1, 0.15) is 0 Å². The lowest BCUT2D eigenvalue weighted by atomic mass is 10.0. The van der Waals surface area contributed by atoms with Gasteiger partial charge in [0.25, 0.3) is 0 Å². The zero-order valence-electron chi connectivity index (χ0n) is 12.4. The summed E-state index contributed by atoms with van der Waals surface area (Å²) in [4.78, 5) is 0. The Morgan fingerprint density at radius 2 is 2.11 bits per heavy atom. The van der Waals surface area contributed by atoms with Crippen molar-refractivity contribution in [1.82, 2.24) is 15.1 Å². The molecular formula is C14H27N3O. The minimum Gasteiger partial charge on any atom is -0.383 e. The van der Waals surface area contributed by atoms with Crippen molar-refractivity contribution in [3.8, 4) is 0 Å². The van der Waals surface area contributed by atoms with Gasteiger partial charge in [0.05, 0.1) is 12.3 Å². The summed E-state index contributed by atoms with van der Waals surface area (Å²) in [6, 6.07) is 0.439. The third-order valence-corrected chi connectivity index (χ3v) is 3.45. The third kappa shape index (κ3) is 4.10. The van der Waals surface area contributed by atoms with Gasteiger partial charge in [-0.15, -0.1) is 0 Å². The van der Waals surface area contributed by atoms with E-state index in [-0.39, 0.29) is 0 Å². The molecule has 0 saturated carbocycles. The molecule has 0 spiro atoms. The highest BCUT2D eigenvalue weighted by Crippen LogP contribution is 2.15. The van der Waals surface area contributed by atoms with Gasteiger partial charge >= 0.3 is 0 Å². The van der Waals surface area contributed by atoms with E-state index < -0.39 is 0 Å². The summed E-state index contributed by atoms with van der Waals surface area (Å²) in [6.07, 6.45) is 3.32. The molecule has 1 rings (SSSR count). The van der Waals surface area contributed by atoms with Crippen LogP contribution in [0.5, 0.6) is 0 Å². The smallest absolute Gasteiger partial charge is 0.0628 e. The van der Waals surface area contributed by atoms with E-state index in [0.717, 1.165) is 38.1 Å². The van der Waals surface area contributed by atoms with Gasteiger partial charge in [-0.25, -0.2) is 0 Å². The summed E-state index contributed by atoms with van der Waals surface area (Å²) in [5.74, 6) is 0. The van der Waals surface area contributed by atoms with E-state index in [1.165, 1.54) is 11.3 Å². The van der Waals surface area contributed by atoms with Gasteiger partial charge in [-0.05, 0) is 45.2 Å². The van der Waals surface area contributed by atoms with E-state index in [2.05, 4.69) is 31.2 Å². The maximum Gasteiger partial charge on any atom is 0.0628 e. The topological polar surface area (TPSA) is 39.1 Å². The Morgan fingerprint density at radius 1 is 1.39 bits per heavy atom. The van der Waals surface area contributed by atoms with Crippen LogP contribution in [-0.2, 0) is 18.2 Å². The van der Waals surface area contributed by atoms with Crippen LogP contribution in [0.15, 0.2) is 0 Å². The molecule has 0 aliphatic heterocycles. The molecule has 0 radical (unpaired) electrons. The summed E-state index contributed by atoms with van der Waals surface area (Å²) < 4.78 is 7.24. The van der Waals surface area contributed by atoms with Gasteiger partial charge in [-0.1, -0.05) is 6.92 Å². The van der Waals surface area contributed by atoms with E-state index in [0.29, 0.717) is 6.04 Å². The lowest BCUT2D eigenvalue weighted by Gasteiger charge is -2.17. The average Bonchev–Trinajstić information content (AvgIpc) is 2.58. The van der Waals surface area contributed by atoms with Crippen LogP contribution in [0.4, 0.5) is 0 Å². The second-order valence-electron chi connectivity index (χ2n) is 4.92. The maximum atomic E-state index is 5.27. The fraction of sp³-hybridized carbons (Fsp3) is 0.786. The molecule has 18 heavy (non-hydrogen) atoms. The number of rotatable bonds is 8. The van der Waals surface area contributed by atoms with Gasteiger partial charge in [-0.2, -0.15) is 5.10 Å². The van der Waals surface area contributed by atoms with E-state index in [9.17, 15) is 0 Å². The molecule has 0 aliphatic carbocycles. The monoisotopic (exact) mass is 253 g/mol. The number of nitrogens with zero attached hydrogens (tertiary/aromatic N) is 2. The molecule has 1 aromatic rings. The molecule has 1 N–H and O–H groups in total. The summed E-state index contributed by atoms with van der Waals surface area (Å²) in [6.45, 7) is 8.25. The number of aromatic nitrogens is 2. The summed E-state index contributed by atoms with van der Waals surface area (Å²) in [7, 11) is 3.77. The molecule has 0 fully saturated rings. The molecule has 0 aliphatic rings. The highest BCUT2D eigenvalue weighted by Gasteiger charge is 2.13. The van der Waals surface area contributed by atoms with Gasteiger partial charge < -0.3 is 10.1 Å². The second-order valence-corrected chi connectivity index (χ2v) is 4.92. The van der Waals surface area contributed by atoms with Gasteiger partial charge in [0.15, 0.2) is 0 Å². The first-order chi connectivity index (χ1) is 8.60. The normalized spacial score (nSPS) is 12.9. The van der Waals surface area contributed by atoms with Crippen molar-refractivity contribution in [2.45, 2.75) is 46.1 Å². The predicted molar refractivity (Wildman–Crippen MR) is 75.0 cm³/mol. The summed E-state index contributed by atoms with van der Waals surface area (Å²) >= 11 is 0. The molecular weight excluding hydrogens is 226 g/mol. The lowest BCUT2D eigenvalue weighted by Crippen LogP contribution is -2.34. The number of hydrogen-bond donors (Lipinski definition) is 1. The largest absolute Gasteiger partial charge is 0.383 e. The zero-order valence-corrected chi connectivity index (χ0v) is 12.4. The molecule has 0 bridgehead atoms. The van der Waals surface area contributed by atoms with Crippen LogP contribution in [0.1, 0.15) is 36.7 Å². The Hall–Kier alpha value is -0.870. The molecule has 0 saturated heterocycles. The molecule has 0 aromatic carbocycles. The summed E-state index contributed by atoms with van der Waals surface area (Å²) in [5, 5.41) is 8.00. The van der Waals surface area contributed by atoms with Crippen molar-refractivity contribution in [3.05, 3.63) is 17.0 Å². The van der Waals surface area contributed by atoms with E-state index in [4.69, 9.17) is 4.74 Å². The van der Waals surface area contributed by atoms with Gasteiger partial charge in [0, 0.05) is 25.9 Å². The predicted octanol–water partition coefficient (Wildman–Crippen LogP) is 1.98. The first-order valence-electron chi connectivity index (χ1n) is 6.81. The van der Waals surface area contributed by atoms with E-state index >= 15 is 0 Å². The average molecular weight is 253 g/mol. The highest BCUT2D eigenvalue weighted by molar-refractivity contribution is 5.24. The molecule has 1 aromatic heterocycles. The number of aryl methyl sites for hydroxylation is 2. The zero-order chi connectivity index (χ0) is 13.5. The fourth-order valence-electron chi connectivity index (χ4n) is 2.29. The molecule has 1 unspecified atom stereocenters. The van der Waals surface area contributed by atoms with Crippen LogP contribution in [0, 0.1) is 13.8 Å². The first kappa shape index (κ1) is 15.2. The van der Waals surface area contributed by atoms with Crippen molar-refractivity contribution >= 4 is 0 Å². The number of methoxy groups -OCH3 is 1. The van der Waals surface area contributed by atoms with Crippen molar-refractivity contribution in [2.75, 3.05) is 20.3 Å². The van der Waals surface area contributed by atoms with E-state index in [1.54, 1.807) is 7.11 Å². The molecule has 1 heterocycles. The van der Waals surface area contributed by atoms with E-state index in [1.807, 2.05) is 11.7 Å². The highest BCUT2D eigenvalue weighted by atomic mass is 16.5. The minimum absolute atomic E-state index is 0.439. The molecule has 104 valence electrons. The Labute approximate surface area is 111 Å². The SMILES string of the molecule is CCCNC(CCc1c(C)nn(C)c1C)COC. The lowest BCUT2D eigenvalue weighted by molar-refractivity contribution is 0.162. The van der Waals surface area contributed by atoms with Crippen LogP contribution in [0.25, 0.3) is 0 Å². The van der Waals surface area contributed by atoms with Gasteiger partial charge in [-0.3, -0.25) is 4.68 Å². The van der Waals surface area contributed by atoms with Crippen molar-refractivity contribution < 1.29 is 4.74 Å². The first-order valence-corrected chi connectivity index (χ1v) is 6.81. The second kappa shape index (κ2) is 7.54. The van der Waals surface area contributed by atoms with Crippen LogP contribution in [0.2, 0.25) is 0 Å². The molecule has 4 nitrogen and oxygen atoms in total.